The molecule has 2 aromatic carbocycles. The molecule has 0 saturated heterocycles. The average Bonchev–Trinajstić information content (AvgIpc) is 2.54. The number of ether oxygens (including phenoxy) is 1. The molecule has 2 N–H and O–H groups in total. The number of benzene rings is 2. The molecule has 3 rings (SSSR count). The Kier molecular flexibility index (Phi) is 3.91. The van der Waals surface area contributed by atoms with Crippen LogP contribution >= 0.6 is 11.6 Å². The maximum atomic E-state index is 12.9. The van der Waals surface area contributed by atoms with E-state index in [4.69, 9.17) is 22.1 Å². The minimum absolute atomic E-state index is 0.0711. The molecule has 0 aromatic heterocycles. The van der Waals surface area contributed by atoms with Crippen molar-refractivity contribution in [3.8, 4) is 5.75 Å². The average molecular weight is 353 g/mol. The third kappa shape index (κ3) is 2.85. The highest BCUT2D eigenvalue weighted by atomic mass is 35.5. The standard InChI is InChI=1S/C15H13ClN2O4S/c16-10-5-7-11(8-6-10)23(20,21)18-9-14(15(17)19)22-13-4-2-1-3-12(13)18/h1-8,14H,9H2,(H2,17,19)/t14-/m1/s1. The first-order chi connectivity index (χ1) is 10.9. The van der Waals surface area contributed by atoms with Gasteiger partial charge in [-0.05, 0) is 36.4 Å². The van der Waals surface area contributed by atoms with Crippen LogP contribution in [0.15, 0.2) is 53.4 Å². The molecule has 0 fully saturated rings. The number of para-hydroxylation sites is 2. The van der Waals surface area contributed by atoms with E-state index in [1.165, 1.54) is 24.3 Å². The number of carbonyl (C=O) groups is 1. The number of nitrogens with two attached hydrogens (primary N) is 1. The molecule has 0 unspecified atom stereocenters. The van der Waals surface area contributed by atoms with E-state index in [-0.39, 0.29) is 11.4 Å². The normalized spacial score (nSPS) is 17.3. The third-order valence-electron chi connectivity index (χ3n) is 3.45. The number of nitrogens with zero attached hydrogens (tertiary/aromatic N) is 1. The van der Waals surface area contributed by atoms with Crippen molar-refractivity contribution in [1.29, 1.82) is 0 Å². The summed E-state index contributed by atoms with van der Waals surface area (Å²) in [5, 5.41) is 0.432. The smallest absolute Gasteiger partial charge is 0.264 e. The Bertz CT molecular complexity index is 852. The van der Waals surface area contributed by atoms with Crippen molar-refractivity contribution < 1.29 is 17.9 Å². The van der Waals surface area contributed by atoms with Crippen LogP contribution in [0.25, 0.3) is 0 Å². The third-order valence-corrected chi connectivity index (χ3v) is 5.50. The molecule has 0 radical (unpaired) electrons. The number of anilines is 1. The van der Waals surface area contributed by atoms with Gasteiger partial charge in [-0.2, -0.15) is 0 Å². The van der Waals surface area contributed by atoms with Crippen LogP contribution in [0.5, 0.6) is 5.75 Å². The van der Waals surface area contributed by atoms with Crippen LogP contribution in [-0.2, 0) is 14.8 Å². The lowest BCUT2D eigenvalue weighted by Crippen LogP contribution is -2.49. The number of amides is 1. The van der Waals surface area contributed by atoms with Crippen molar-refractivity contribution in [1.82, 2.24) is 0 Å². The second-order valence-electron chi connectivity index (χ2n) is 4.97. The fraction of sp³-hybridized carbons (Fsp3) is 0.133. The van der Waals surface area contributed by atoms with Crippen molar-refractivity contribution in [3.63, 3.8) is 0 Å². The van der Waals surface area contributed by atoms with Gasteiger partial charge < -0.3 is 10.5 Å². The highest BCUT2D eigenvalue weighted by molar-refractivity contribution is 7.92. The molecule has 1 atom stereocenters. The molecule has 0 saturated carbocycles. The van der Waals surface area contributed by atoms with Crippen LogP contribution in [0, 0.1) is 0 Å². The van der Waals surface area contributed by atoms with Crippen LogP contribution in [0.4, 0.5) is 5.69 Å². The molecule has 1 heterocycles. The van der Waals surface area contributed by atoms with Gasteiger partial charge in [0.05, 0.1) is 17.1 Å². The molecule has 8 heteroatoms. The summed E-state index contributed by atoms with van der Waals surface area (Å²) in [6, 6.07) is 12.4. The quantitative estimate of drug-likeness (QED) is 0.911. The SMILES string of the molecule is NC(=O)[C@H]1CN(S(=O)(=O)c2ccc(Cl)cc2)c2ccccc2O1. The molecule has 6 nitrogen and oxygen atoms in total. The van der Waals surface area contributed by atoms with Gasteiger partial charge in [-0.3, -0.25) is 9.10 Å². The second kappa shape index (κ2) is 5.75. The number of sulfonamides is 1. The van der Waals surface area contributed by atoms with E-state index in [1.54, 1.807) is 24.3 Å². The molecule has 1 aliphatic rings. The molecule has 2 aromatic rings. The van der Waals surface area contributed by atoms with Crippen molar-refractivity contribution in [3.05, 3.63) is 53.6 Å². The maximum Gasteiger partial charge on any atom is 0.264 e. The number of carbonyl (C=O) groups excluding carboxylic acids is 1. The summed E-state index contributed by atoms with van der Waals surface area (Å²) in [4.78, 5) is 11.5. The molecule has 0 bridgehead atoms. The lowest BCUT2D eigenvalue weighted by Gasteiger charge is -2.34. The van der Waals surface area contributed by atoms with Crippen molar-refractivity contribution >= 4 is 33.2 Å². The molecular weight excluding hydrogens is 340 g/mol. The minimum atomic E-state index is -3.87. The van der Waals surface area contributed by atoms with E-state index >= 15 is 0 Å². The highest BCUT2D eigenvalue weighted by Crippen LogP contribution is 2.36. The van der Waals surface area contributed by atoms with E-state index in [2.05, 4.69) is 0 Å². The van der Waals surface area contributed by atoms with E-state index < -0.39 is 22.0 Å². The van der Waals surface area contributed by atoms with Crippen molar-refractivity contribution in [2.45, 2.75) is 11.0 Å². The molecular formula is C15H13ClN2O4S. The minimum Gasteiger partial charge on any atom is -0.476 e. The zero-order valence-corrected chi connectivity index (χ0v) is 13.4. The summed E-state index contributed by atoms with van der Waals surface area (Å²) in [6.07, 6.45) is -1.05. The fourth-order valence-corrected chi connectivity index (χ4v) is 3.91. The first kappa shape index (κ1) is 15.6. The Balaban J connectivity index is 2.10. The Morgan fingerprint density at radius 3 is 2.48 bits per heavy atom. The number of fused-ring (bicyclic) bond motifs is 1. The number of hydrogen-bond acceptors (Lipinski definition) is 4. The van der Waals surface area contributed by atoms with E-state index in [0.29, 0.717) is 16.5 Å². The summed E-state index contributed by atoms with van der Waals surface area (Å²) in [5.74, 6) is -0.434. The van der Waals surface area contributed by atoms with Gasteiger partial charge in [-0.15, -0.1) is 0 Å². The summed E-state index contributed by atoms with van der Waals surface area (Å²) in [7, 11) is -3.87. The summed E-state index contributed by atoms with van der Waals surface area (Å²) < 4.78 is 32.4. The first-order valence-electron chi connectivity index (χ1n) is 6.73. The Hall–Kier alpha value is -2.25. The summed E-state index contributed by atoms with van der Waals surface area (Å²) >= 11 is 5.80. The number of halogens is 1. The lowest BCUT2D eigenvalue weighted by atomic mass is 10.2. The van der Waals surface area contributed by atoms with Crippen LogP contribution in [0.1, 0.15) is 0 Å². The fourth-order valence-electron chi connectivity index (χ4n) is 2.31. The number of rotatable bonds is 3. The van der Waals surface area contributed by atoms with E-state index in [9.17, 15) is 13.2 Å². The molecule has 1 aliphatic heterocycles. The van der Waals surface area contributed by atoms with Gasteiger partial charge in [0.2, 0.25) is 0 Å². The zero-order chi connectivity index (χ0) is 16.6. The summed E-state index contributed by atoms with van der Waals surface area (Å²) in [6.45, 7) is -0.183. The van der Waals surface area contributed by atoms with Crippen LogP contribution in [-0.4, -0.2) is 27.0 Å². The molecule has 1 amide bonds. The van der Waals surface area contributed by atoms with Crippen molar-refractivity contribution in [2.75, 3.05) is 10.8 Å². The largest absolute Gasteiger partial charge is 0.476 e. The van der Waals surface area contributed by atoms with Crippen LogP contribution in [0.2, 0.25) is 5.02 Å². The molecule has 23 heavy (non-hydrogen) atoms. The predicted octanol–water partition coefficient (Wildman–Crippen LogP) is 1.78. The maximum absolute atomic E-state index is 12.9. The number of hydrogen-bond donors (Lipinski definition) is 1. The topological polar surface area (TPSA) is 89.7 Å². The molecule has 0 aliphatic carbocycles. The van der Waals surface area contributed by atoms with Gasteiger partial charge in [0.1, 0.15) is 5.75 Å². The van der Waals surface area contributed by atoms with Gasteiger partial charge in [0, 0.05) is 5.02 Å². The summed E-state index contributed by atoms with van der Waals surface area (Å²) in [5.41, 5.74) is 5.65. The Morgan fingerprint density at radius 2 is 1.83 bits per heavy atom. The number of primary amides is 1. The van der Waals surface area contributed by atoms with Gasteiger partial charge in [-0.25, -0.2) is 8.42 Å². The Morgan fingerprint density at radius 1 is 1.17 bits per heavy atom. The van der Waals surface area contributed by atoms with E-state index in [1.807, 2.05) is 0 Å². The van der Waals surface area contributed by atoms with Gasteiger partial charge >= 0.3 is 0 Å². The second-order valence-corrected chi connectivity index (χ2v) is 7.27. The van der Waals surface area contributed by atoms with Gasteiger partial charge in [-0.1, -0.05) is 23.7 Å². The van der Waals surface area contributed by atoms with E-state index in [0.717, 1.165) is 4.31 Å². The van der Waals surface area contributed by atoms with Crippen molar-refractivity contribution in [2.24, 2.45) is 5.73 Å². The van der Waals surface area contributed by atoms with Gasteiger partial charge in [0.25, 0.3) is 15.9 Å². The van der Waals surface area contributed by atoms with Gasteiger partial charge in [0.15, 0.2) is 6.10 Å². The lowest BCUT2D eigenvalue weighted by molar-refractivity contribution is -0.124. The zero-order valence-electron chi connectivity index (χ0n) is 11.8. The predicted molar refractivity (Wildman–Crippen MR) is 86.0 cm³/mol. The molecule has 0 spiro atoms. The van der Waals surface area contributed by atoms with Crippen LogP contribution in [0.3, 0.4) is 0 Å². The highest BCUT2D eigenvalue weighted by Gasteiger charge is 2.36. The van der Waals surface area contributed by atoms with Crippen LogP contribution < -0.4 is 14.8 Å². The Labute approximate surface area is 138 Å². The monoisotopic (exact) mass is 352 g/mol. The first-order valence-corrected chi connectivity index (χ1v) is 8.55. The molecule has 120 valence electrons.